The maximum Gasteiger partial charge on any atom is 0.255 e. The third-order valence-corrected chi connectivity index (χ3v) is 2.63. The Morgan fingerprint density at radius 3 is 2.56 bits per heavy atom. The normalized spacial score (nSPS) is 9.44. The first kappa shape index (κ1) is 14.5. The van der Waals surface area contributed by atoms with Crippen LogP contribution in [0.2, 0.25) is 5.02 Å². The smallest absolute Gasteiger partial charge is 0.255 e. The maximum atomic E-state index is 11.9. The Morgan fingerprint density at radius 1 is 1.22 bits per heavy atom. The highest BCUT2D eigenvalue weighted by molar-refractivity contribution is 6.31. The minimum absolute atomic E-state index is 0. The van der Waals surface area contributed by atoms with Gasteiger partial charge < -0.3 is 5.32 Å². The number of nitrogens with one attached hydrogen (secondary N) is 1. The highest BCUT2D eigenvalue weighted by Gasteiger charge is 2.07. The Bertz CT molecular complexity index is 544. The van der Waals surface area contributed by atoms with Crippen LogP contribution in [0.4, 0.5) is 5.69 Å². The fraction of sp³-hybridized carbons (Fsp3) is 0.0769. The number of halogens is 2. The average Bonchev–Trinajstić information content (AvgIpc) is 2.35. The topological polar surface area (TPSA) is 42.0 Å². The van der Waals surface area contributed by atoms with E-state index in [1.807, 2.05) is 13.0 Å². The summed E-state index contributed by atoms with van der Waals surface area (Å²) in [6.45, 7) is 1.92. The number of carbonyl (C=O) groups excluding carboxylic acids is 1. The fourth-order valence-corrected chi connectivity index (χ4v) is 1.60. The Kier molecular flexibility index (Phi) is 5.13. The molecule has 1 N–H and O–H groups in total. The summed E-state index contributed by atoms with van der Waals surface area (Å²) in [5.41, 5.74) is 2.26. The first-order chi connectivity index (χ1) is 8.16. The number of hydrogen-bond donors (Lipinski definition) is 1. The van der Waals surface area contributed by atoms with Gasteiger partial charge in [0.15, 0.2) is 0 Å². The molecule has 2 rings (SSSR count). The molecule has 1 heterocycles. The van der Waals surface area contributed by atoms with Crippen LogP contribution < -0.4 is 5.32 Å². The molecule has 3 nitrogen and oxygen atoms in total. The molecule has 0 aliphatic carbocycles. The highest BCUT2D eigenvalue weighted by atomic mass is 35.5. The molecule has 0 unspecified atom stereocenters. The minimum atomic E-state index is -0.169. The van der Waals surface area contributed by atoms with Crippen LogP contribution in [0.5, 0.6) is 0 Å². The SMILES string of the molecule is Cc1ccc(Cl)cc1NC(=O)c1ccncc1.Cl. The van der Waals surface area contributed by atoms with Crippen molar-refractivity contribution >= 4 is 35.6 Å². The van der Waals surface area contributed by atoms with E-state index in [0.717, 1.165) is 11.3 Å². The van der Waals surface area contributed by atoms with Crippen molar-refractivity contribution in [1.82, 2.24) is 4.98 Å². The van der Waals surface area contributed by atoms with Gasteiger partial charge in [0.25, 0.3) is 5.91 Å². The lowest BCUT2D eigenvalue weighted by atomic mass is 10.2. The number of rotatable bonds is 2. The predicted molar refractivity (Wildman–Crippen MR) is 75.6 cm³/mol. The zero-order chi connectivity index (χ0) is 12.3. The quantitative estimate of drug-likeness (QED) is 0.912. The molecule has 0 aliphatic rings. The van der Waals surface area contributed by atoms with Crippen LogP contribution in [-0.2, 0) is 0 Å². The summed E-state index contributed by atoms with van der Waals surface area (Å²) >= 11 is 5.88. The van der Waals surface area contributed by atoms with Crippen LogP contribution in [0, 0.1) is 6.92 Å². The van der Waals surface area contributed by atoms with Crippen molar-refractivity contribution in [2.24, 2.45) is 0 Å². The molecular formula is C13H12Cl2N2O. The van der Waals surface area contributed by atoms with Gasteiger partial charge in [-0.3, -0.25) is 9.78 Å². The third kappa shape index (κ3) is 3.45. The number of aromatic nitrogens is 1. The zero-order valence-corrected chi connectivity index (χ0v) is 11.3. The predicted octanol–water partition coefficient (Wildman–Crippen LogP) is 3.72. The van der Waals surface area contributed by atoms with Crippen molar-refractivity contribution in [2.75, 3.05) is 5.32 Å². The van der Waals surface area contributed by atoms with Gasteiger partial charge in [-0.1, -0.05) is 17.7 Å². The monoisotopic (exact) mass is 282 g/mol. The van der Waals surface area contributed by atoms with Crippen molar-refractivity contribution < 1.29 is 4.79 Å². The lowest BCUT2D eigenvalue weighted by Crippen LogP contribution is -2.12. The second-order valence-electron chi connectivity index (χ2n) is 3.65. The molecule has 2 aromatic rings. The van der Waals surface area contributed by atoms with E-state index in [4.69, 9.17) is 11.6 Å². The zero-order valence-electron chi connectivity index (χ0n) is 9.68. The molecule has 0 atom stereocenters. The van der Waals surface area contributed by atoms with E-state index < -0.39 is 0 Å². The van der Waals surface area contributed by atoms with Crippen molar-refractivity contribution in [2.45, 2.75) is 6.92 Å². The fourth-order valence-electron chi connectivity index (χ4n) is 1.43. The second kappa shape index (κ2) is 6.38. The van der Waals surface area contributed by atoms with Crippen LogP contribution in [0.3, 0.4) is 0 Å². The van der Waals surface area contributed by atoms with Gasteiger partial charge in [-0.15, -0.1) is 12.4 Å². The Balaban J connectivity index is 0.00000162. The number of pyridine rings is 1. The molecule has 94 valence electrons. The molecule has 0 saturated carbocycles. The molecule has 0 radical (unpaired) electrons. The lowest BCUT2D eigenvalue weighted by molar-refractivity contribution is 0.102. The molecule has 5 heteroatoms. The number of aryl methyl sites for hydroxylation is 1. The molecule has 0 saturated heterocycles. The van der Waals surface area contributed by atoms with Gasteiger partial charge in [-0.25, -0.2) is 0 Å². The number of anilines is 1. The first-order valence-electron chi connectivity index (χ1n) is 5.14. The number of benzene rings is 1. The third-order valence-electron chi connectivity index (χ3n) is 2.39. The van der Waals surface area contributed by atoms with E-state index >= 15 is 0 Å². The van der Waals surface area contributed by atoms with Gasteiger partial charge in [-0.2, -0.15) is 0 Å². The summed E-state index contributed by atoms with van der Waals surface area (Å²) in [5.74, 6) is -0.169. The van der Waals surface area contributed by atoms with Gasteiger partial charge >= 0.3 is 0 Å². The van der Waals surface area contributed by atoms with E-state index in [2.05, 4.69) is 10.3 Å². The molecule has 0 spiro atoms. The molecule has 1 aromatic heterocycles. The molecular weight excluding hydrogens is 271 g/mol. The maximum absolute atomic E-state index is 11.9. The van der Waals surface area contributed by atoms with Crippen LogP contribution in [0.1, 0.15) is 15.9 Å². The van der Waals surface area contributed by atoms with Gasteiger partial charge in [0.1, 0.15) is 0 Å². The van der Waals surface area contributed by atoms with Crippen LogP contribution in [-0.4, -0.2) is 10.9 Å². The summed E-state index contributed by atoms with van der Waals surface area (Å²) in [6.07, 6.45) is 3.17. The van der Waals surface area contributed by atoms with Gasteiger partial charge in [-0.05, 0) is 36.8 Å². The molecule has 1 amide bonds. The molecule has 0 aliphatic heterocycles. The number of hydrogen-bond acceptors (Lipinski definition) is 2. The molecule has 0 fully saturated rings. The van der Waals surface area contributed by atoms with Crippen molar-refractivity contribution in [3.05, 3.63) is 58.9 Å². The van der Waals surface area contributed by atoms with Crippen LogP contribution in [0.15, 0.2) is 42.7 Å². The van der Waals surface area contributed by atoms with E-state index in [0.29, 0.717) is 10.6 Å². The summed E-state index contributed by atoms with van der Waals surface area (Å²) in [4.78, 5) is 15.8. The van der Waals surface area contributed by atoms with E-state index in [1.54, 1.807) is 36.7 Å². The van der Waals surface area contributed by atoms with Gasteiger partial charge in [0.2, 0.25) is 0 Å². The van der Waals surface area contributed by atoms with Gasteiger partial charge in [0.05, 0.1) is 0 Å². The standard InChI is InChI=1S/C13H11ClN2O.ClH/c1-9-2-3-11(14)8-12(9)16-13(17)10-4-6-15-7-5-10;/h2-8H,1H3,(H,16,17);1H. The highest BCUT2D eigenvalue weighted by Crippen LogP contribution is 2.20. The summed E-state index contributed by atoms with van der Waals surface area (Å²) in [5, 5.41) is 3.41. The van der Waals surface area contributed by atoms with Gasteiger partial charge in [0, 0.05) is 28.7 Å². The number of carbonyl (C=O) groups is 1. The average molecular weight is 283 g/mol. The van der Waals surface area contributed by atoms with E-state index in [-0.39, 0.29) is 18.3 Å². The first-order valence-corrected chi connectivity index (χ1v) is 5.52. The second-order valence-corrected chi connectivity index (χ2v) is 4.09. The van der Waals surface area contributed by atoms with E-state index in [1.165, 1.54) is 0 Å². The minimum Gasteiger partial charge on any atom is -0.322 e. The molecule has 1 aromatic carbocycles. The largest absolute Gasteiger partial charge is 0.322 e. The Labute approximate surface area is 117 Å². The molecule has 0 bridgehead atoms. The number of amides is 1. The van der Waals surface area contributed by atoms with Crippen LogP contribution in [0.25, 0.3) is 0 Å². The molecule has 18 heavy (non-hydrogen) atoms. The lowest BCUT2D eigenvalue weighted by Gasteiger charge is -2.08. The van der Waals surface area contributed by atoms with Crippen LogP contribution >= 0.6 is 24.0 Å². The van der Waals surface area contributed by atoms with Crippen molar-refractivity contribution in [3.63, 3.8) is 0 Å². The summed E-state index contributed by atoms with van der Waals surface area (Å²) < 4.78 is 0. The Morgan fingerprint density at radius 2 is 1.89 bits per heavy atom. The summed E-state index contributed by atoms with van der Waals surface area (Å²) in [6, 6.07) is 8.71. The van der Waals surface area contributed by atoms with E-state index in [9.17, 15) is 4.79 Å². The summed E-state index contributed by atoms with van der Waals surface area (Å²) in [7, 11) is 0. The number of nitrogens with zero attached hydrogens (tertiary/aromatic N) is 1. The van der Waals surface area contributed by atoms with Crippen molar-refractivity contribution in [3.8, 4) is 0 Å². The Hall–Kier alpha value is -1.58. The van der Waals surface area contributed by atoms with Crippen molar-refractivity contribution in [1.29, 1.82) is 0 Å².